The minimum atomic E-state index is -2.81. The molecular formula is C8H7ClF2N2O2. The maximum atomic E-state index is 12.4. The minimum absolute atomic E-state index is 0.153. The maximum absolute atomic E-state index is 12.4. The first-order chi connectivity index (χ1) is 6.91. The summed E-state index contributed by atoms with van der Waals surface area (Å²) in [6, 6.07) is 0.929. The molecule has 7 heteroatoms. The Kier molecular flexibility index (Phi) is 3.41. The molecule has 1 aromatic rings. The van der Waals surface area contributed by atoms with Crippen LogP contribution in [-0.2, 0) is 11.2 Å². The van der Waals surface area contributed by atoms with Gasteiger partial charge in [0.15, 0.2) is 0 Å². The molecule has 0 fully saturated rings. The van der Waals surface area contributed by atoms with Crippen molar-refractivity contribution in [3.8, 4) is 0 Å². The third-order valence-electron chi connectivity index (χ3n) is 1.63. The zero-order valence-electron chi connectivity index (χ0n) is 7.38. The Morgan fingerprint density at radius 2 is 2.27 bits per heavy atom. The summed E-state index contributed by atoms with van der Waals surface area (Å²) in [7, 11) is 0. The van der Waals surface area contributed by atoms with Crippen LogP contribution in [0.3, 0.4) is 0 Å². The lowest BCUT2D eigenvalue weighted by Crippen LogP contribution is -2.07. The van der Waals surface area contributed by atoms with Gasteiger partial charge in [0.2, 0.25) is 0 Å². The summed E-state index contributed by atoms with van der Waals surface area (Å²) in [6.45, 7) is 0. The lowest BCUT2D eigenvalue weighted by Gasteiger charge is -2.08. The van der Waals surface area contributed by atoms with Crippen LogP contribution in [0, 0.1) is 0 Å². The molecule has 3 N–H and O–H groups in total. The van der Waals surface area contributed by atoms with Crippen LogP contribution in [0.15, 0.2) is 6.07 Å². The van der Waals surface area contributed by atoms with Gasteiger partial charge >= 0.3 is 5.97 Å². The van der Waals surface area contributed by atoms with Crippen molar-refractivity contribution in [3.05, 3.63) is 22.3 Å². The summed E-state index contributed by atoms with van der Waals surface area (Å²) < 4.78 is 24.8. The lowest BCUT2D eigenvalue weighted by molar-refractivity contribution is -0.136. The molecule has 0 radical (unpaired) electrons. The van der Waals surface area contributed by atoms with E-state index < -0.39 is 24.4 Å². The van der Waals surface area contributed by atoms with Gasteiger partial charge in [-0.15, -0.1) is 0 Å². The fourth-order valence-corrected chi connectivity index (χ4v) is 1.29. The molecule has 0 unspecified atom stereocenters. The van der Waals surface area contributed by atoms with E-state index in [0.29, 0.717) is 0 Å². The van der Waals surface area contributed by atoms with Gasteiger partial charge in [-0.05, 0) is 6.07 Å². The predicted octanol–water partition coefficient (Wildman–Crippen LogP) is 1.88. The first-order valence-electron chi connectivity index (χ1n) is 3.86. The van der Waals surface area contributed by atoms with Gasteiger partial charge in [-0.3, -0.25) is 4.79 Å². The third kappa shape index (κ3) is 2.76. The summed E-state index contributed by atoms with van der Waals surface area (Å²) in [6.07, 6.45) is -3.35. The van der Waals surface area contributed by atoms with Crippen molar-refractivity contribution in [2.24, 2.45) is 0 Å². The molecule has 0 saturated carbocycles. The van der Waals surface area contributed by atoms with Crippen LogP contribution in [0.25, 0.3) is 0 Å². The van der Waals surface area contributed by atoms with Gasteiger partial charge in [0.25, 0.3) is 6.43 Å². The molecule has 0 spiro atoms. The second-order valence-corrected chi connectivity index (χ2v) is 3.15. The molecule has 4 nitrogen and oxygen atoms in total. The summed E-state index contributed by atoms with van der Waals surface area (Å²) >= 11 is 5.56. The minimum Gasteiger partial charge on any atom is -0.481 e. The fraction of sp³-hybridized carbons (Fsp3) is 0.250. The van der Waals surface area contributed by atoms with Crippen LogP contribution in [0.2, 0.25) is 5.02 Å². The Morgan fingerprint density at radius 3 is 2.73 bits per heavy atom. The van der Waals surface area contributed by atoms with E-state index in [2.05, 4.69) is 4.98 Å². The second-order valence-electron chi connectivity index (χ2n) is 2.77. The van der Waals surface area contributed by atoms with Crippen LogP contribution < -0.4 is 5.73 Å². The Labute approximate surface area is 88.7 Å². The van der Waals surface area contributed by atoms with Gasteiger partial charge in [-0.1, -0.05) is 11.6 Å². The monoisotopic (exact) mass is 236 g/mol. The zero-order chi connectivity index (χ0) is 11.6. The van der Waals surface area contributed by atoms with Crippen LogP contribution in [-0.4, -0.2) is 16.1 Å². The SMILES string of the molecule is Nc1cc(C(F)F)c(Cl)c(CC(=O)O)n1. The Bertz CT molecular complexity index is 398. The molecule has 0 aliphatic heterocycles. The molecule has 1 aromatic heterocycles. The highest BCUT2D eigenvalue weighted by molar-refractivity contribution is 6.32. The standard InChI is InChI=1S/C8H7ClF2N2O2/c9-7-3(8(10)11)1-5(12)13-4(7)2-6(14)15/h1,8H,2H2,(H2,12,13)(H,14,15). The van der Waals surface area contributed by atoms with E-state index in [-0.39, 0.29) is 16.5 Å². The normalized spacial score (nSPS) is 10.7. The molecule has 82 valence electrons. The molecular weight excluding hydrogens is 230 g/mol. The molecule has 0 aromatic carbocycles. The number of aromatic nitrogens is 1. The second kappa shape index (κ2) is 4.39. The van der Waals surface area contributed by atoms with Gasteiger partial charge in [0, 0.05) is 5.56 Å². The Hall–Kier alpha value is -1.43. The topological polar surface area (TPSA) is 76.2 Å². The number of hydrogen-bond donors (Lipinski definition) is 2. The first-order valence-corrected chi connectivity index (χ1v) is 4.24. The number of aliphatic carboxylic acids is 1. The molecule has 15 heavy (non-hydrogen) atoms. The summed E-state index contributed by atoms with van der Waals surface area (Å²) in [4.78, 5) is 14.0. The average molecular weight is 237 g/mol. The number of nitrogen functional groups attached to an aromatic ring is 1. The van der Waals surface area contributed by atoms with Gasteiger partial charge in [-0.25, -0.2) is 13.8 Å². The van der Waals surface area contributed by atoms with Crippen LogP contribution in [0.1, 0.15) is 17.7 Å². The highest BCUT2D eigenvalue weighted by Gasteiger charge is 2.18. The van der Waals surface area contributed by atoms with Crippen molar-refractivity contribution in [1.29, 1.82) is 0 Å². The number of carboxylic acid groups (broad SMARTS) is 1. The Morgan fingerprint density at radius 1 is 1.67 bits per heavy atom. The van der Waals surface area contributed by atoms with E-state index in [1.54, 1.807) is 0 Å². The smallest absolute Gasteiger partial charge is 0.309 e. The number of nitrogens with two attached hydrogens (primary N) is 1. The molecule has 0 bridgehead atoms. The highest BCUT2D eigenvalue weighted by atomic mass is 35.5. The van der Waals surface area contributed by atoms with Crippen molar-refractivity contribution >= 4 is 23.4 Å². The number of carboxylic acids is 1. The van der Waals surface area contributed by atoms with Crippen molar-refractivity contribution in [2.75, 3.05) is 5.73 Å². The lowest BCUT2D eigenvalue weighted by atomic mass is 10.2. The molecule has 0 atom stereocenters. The number of carbonyl (C=O) groups is 1. The summed E-state index contributed by atoms with van der Waals surface area (Å²) in [5, 5.41) is 8.14. The largest absolute Gasteiger partial charge is 0.481 e. The molecule has 0 amide bonds. The van der Waals surface area contributed by atoms with E-state index in [1.165, 1.54) is 0 Å². The van der Waals surface area contributed by atoms with E-state index in [4.69, 9.17) is 22.4 Å². The van der Waals surface area contributed by atoms with Gasteiger partial charge in [-0.2, -0.15) is 0 Å². The summed E-state index contributed by atoms with van der Waals surface area (Å²) in [5.41, 5.74) is 4.59. The van der Waals surface area contributed by atoms with Crippen molar-refractivity contribution in [2.45, 2.75) is 12.8 Å². The van der Waals surface area contributed by atoms with Crippen molar-refractivity contribution < 1.29 is 18.7 Å². The van der Waals surface area contributed by atoms with E-state index in [9.17, 15) is 13.6 Å². The molecule has 0 aliphatic rings. The van der Waals surface area contributed by atoms with Crippen molar-refractivity contribution in [3.63, 3.8) is 0 Å². The van der Waals surface area contributed by atoms with Crippen LogP contribution >= 0.6 is 11.6 Å². The number of nitrogens with zero attached hydrogens (tertiary/aromatic N) is 1. The number of hydrogen-bond acceptors (Lipinski definition) is 3. The number of pyridine rings is 1. The first kappa shape index (κ1) is 11.6. The zero-order valence-corrected chi connectivity index (χ0v) is 8.13. The molecule has 0 aliphatic carbocycles. The quantitative estimate of drug-likeness (QED) is 0.840. The van der Waals surface area contributed by atoms with E-state index in [1.807, 2.05) is 0 Å². The Balaban J connectivity index is 3.21. The average Bonchev–Trinajstić information content (AvgIpc) is 2.09. The van der Waals surface area contributed by atoms with Crippen LogP contribution in [0.4, 0.5) is 14.6 Å². The number of halogens is 3. The fourth-order valence-electron chi connectivity index (χ4n) is 1.05. The molecule has 0 saturated heterocycles. The van der Waals surface area contributed by atoms with Crippen LogP contribution in [0.5, 0.6) is 0 Å². The number of rotatable bonds is 3. The predicted molar refractivity (Wildman–Crippen MR) is 50.0 cm³/mol. The van der Waals surface area contributed by atoms with Gasteiger partial charge < -0.3 is 10.8 Å². The van der Waals surface area contributed by atoms with Gasteiger partial charge in [0.1, 0.15) is 5.82 Å². The van der Waals surface area contributed by atoms with E-state index in [0.717, 1.165) is 6.07 Å². The molecule has 1 rings (SSSR count). The highest BCUT2D eigenvalue weighted by Crippen LogP contribution is 2.30. The van der Waals surface area contributed by atoms with Gasteiger partial charge in [0.05, 0.1) is 17.1 Å². The van der Waals surface area contributed by atoms with E-state index >= 15 is 0 Å². The maximum Gasteiger partial charge on any atom is 0.309 e. The summed E-state index contributed by atoms with van der Waals surface area (Å²) in [5.74, 6) is -1.39. The van der Waals surface area contributed by atoms with Crippen molar-refractivity contribution in [1.82, 2.24) is 4.98 Å². The number of anilines is 1. The molecule has 1 heterocycles. The third-order valence-corrected chi connectivity index (χ3v) is 2.06. The number of alkyl halides is 2.